The van der Waals surface area contributed by atoms with E-state index in [2.05, 4.69) is 0 Å². The van der Waals surface area contributed by atoms with Crippen molar-refractivity contribution in [3.05, 3.63) is 0 Å². The van der Waals surface area contributed by atoms with E-state index >= 15 is 0 Å². The number of carbonyl (C=O) groups excluding carboxylic acids is 1. The molecule has 0 aliphatic carbocycles. The monoisotopic (exact) mass is 236 g/mol. The van der Waals surface area contributed by atoms with Gasteiger partial charge < -0.3 is 14.2 Å². The van der Waals surface area contributed by atoms with Crippen LogP contribution in [-0.4, -0.2) is 22.9 Å². The van der Waals surface area contributed by atoms with Crippen molar-refractivity contribution in [2.75, 3.05) is 6.61 Å². The van der Waals surface area contributed by atoms with E-state index in [1.165, 1.54) is 0 Å². The number of hydrogen-bond acceptors (Lipinski definition) is 3. The van der Waals surface area contributed by atoms with Gasteiger partial charge in [0, 0.05) is 6.42 Å². The highest BCUT2D eigenvalue weighted by atomic mass is 31.2. The third-order valence-corrected chi connectivity index (χ3v) is 3.96. The molecule has 1 atom stereocenters. The quantitative estimate of drug-likeness (QED) is 0.520. The van der Waals surface area contributed by atoms with Crippen LogP contribution >= 0.6 is 7.60 Å². The first-order valence-electron chi connectivity index (χ1n) is 5.32. The number of Topliss-reactive ketones (excluding diaryl/α,β-unsaturated/α-hetero) is 1. The maximum Gasteiger partial charge on any atom is 0.330 e. The first-order chi connectivity index (χ1) is 6.86. The van der Waals surface area contributed by atoms with Crippen LogP contribution in [0.1, 0.15) is 46.5 Å². The SMILES string of the molecule is CC(=O)CCCCCOP(=O)(O)C(C)C. The average molecular weight is 236 g/mol. The van der Waals surface area contributed by atoms with Crippen LogP contribution in [0.2, 0.25) is 0 Å². The van der Waals surface area contributed by atoms with Gasteiger partial charge in [-0.3, -0.25) is 4.57 Å². The lowest BCUT2D eigenvalue weighted by molar-refractivity contribution is -0.117. The molecule has 0 bridgehead atoms. The Hall–Kier alpha value is -0.180. The summed E-state index contributed by atoms with van der Waals surface area (Å²) >= 11 is 0. The van der Waals surface area contributed by atoms with Gasteiger partial charge in [0.25, 0.3) is 0 Å². The zero-order chi connectivity index (χ0) is 11.9. The van der Waals surface area contributed by atoms with Crippen molar-refractivity contribution < 1.29 is 18.8 Å². The van der Waals surface area contributed by atoms with Gasteiger partial charge in [-0.25, -0.2) is 0 Å². The van der Waals surface area contributed by atoms with Crippen molar-refractivity contribution in [1.29, 1.82) is 0 Å². The normalized spacial score (nSPS) is 15.3. The van der Waals surface area contributed by atoms with E-state index in [1.807, 2.05) is 0 Å². The van der Waals surface area contributed by atoms with Gasteiger partial charge in [0.2, 0.25) is 0 Å². The predicted octanol–water partition coefficient (Wildman–Crippen LogP) is 2.75. The highest BCUT2D eigenvalue weighted by Gasteiger charge is 2.23. The molecule has 1 N–H and O–H groups in total. The average Bonchev–Trinajstić information content (AvgIpc) is 2.10. The molecular weight excluding hydrogens is 215 g/mol. The molecule has 0 aromatic rings. The number of rotatable bonds is 8. The summed E-state index contributed by atoms with van der Waals surface area (Å²) in [5.74, 6) is 0.186. The van der Waals surface area contributed by atoms with E-state index in [9.17, 15) is 14.3 Å². The second-order valence-electron chi connectivity index (χ2n) is 4.00. The minimum absolute atomic E-state index is 0.186. The molecule has 0 aliphatic heterocycles. The molecule has 4 nitrogen and oxygen atoms in total. The molecule has 1 unspecified atom stereocenters. The van der Waals surface area contributed by atoms with Crippen LogP contribution in [0, 0.1) is 0 Å². The summed E-state index contributed by atoms with van der Waals surface area (Å²) in [6.45, 7) is 5.19. The third kappa shape index (κ3) is 7.71. The molecule has 5 heteroatoms. The molecule has 0 rings (SSSR count). The van der Waals surface area contributed by atoms with Gasteiger partial charge in [0.15, 0.2) is 0 Å². The predicted molar refractivity (Wildman–Crippen MR) is 60.1 cm³/mol. The number of ketones is 1. The summed E-state index contributed by atoms with van der Waals surface area (Å²) in [5.41, 5.74) is -0.352. The fraction of sp³-hybridized carbons (Fsp3) is 0.900. The molecule has 0 aromatic carbocycles. The van der Waals surface area contributed by atoms with Gasteiger partial charge >= 0.3 is 7.60 Å². The highest BCUT2D eigenvalue weighted by Crippen LogP contribution is 2.46. The Bertz CT molecular complexity index is 238. The molecule has 0 heterocycles. The van der Waals surface area contributed by atoms with Gasteiger partial charge in [-0.2, -0.15) is 0 Å². The molecule has 15 heavy (non-hydrogen) atoms. The summed E-state index contributed by atoms with van der Waals surface area (Å²) in [5, 5.41) is 0. The lowest BCUT2D eigenvalue weighted by atomic mass is 10.1. The number of unbranched alkanes of at least 4 members (excludes halogenated alkanes) is 2. The van der Waals surface area contributed by atoms with Crippen LogP contribution < -0.4 is 0 Å². The smallest absolute Gasteiger partial charge is 0.324 e. The molecular formula is C10H21O4P. The van der Waals surface area contributed by atoms with Gasteiger partial charge in [-0.1, -0.05) is 20.3 Å². The van der Waals surface area contributed by atoms with Crippen molar-refractivity contribution >= 4 is 13.4 Å². The molecule has 0 saturated carbocycles. The minimum atomic E-state index is -3.40. The summed E-state index contributed by atoms with van der Waals surface area (Å²) in [6, 6.07) is 0. The topological polar surface area (TPSA) is 63.6 Å². The Balaban J connectivity index is 3.47. The van der Waals surface area contributed by atoms with Gasteiger partial charge in [0.05, 0.1) is 12.3 Å². The standard InChI is InChI=1S/C10H21O4P/c1-9(2)15(12,13)14-8-6-4-5-7-10(3)11/h9H,4-8H2,1-3H3,(H,12,13). The van der Waals surface area contributed by atoms with E-state index in [-0.39, 0.29) is 11.4 Å². The fourth-order valence-electron chi connectivity index (χ4n) is 0.997. The maximum absolute atomic E-state index is 11.3. The van der Waals surface area contributed by atoms with Crippen LogP contribution in [0.5, 0.6) is 0 Å². The van der Waals surface area contributed by atoms with Crippen molar-refractivity contribution in [2.45, 2.75) is 52.1 Å². The Morgan fingerprint density at radius 1 is 1.33 bits per heavy atom. The van der Waals surface area contributed by atoms with E-state index < -0.39 is 7.60 Å². The third-order valence-electron chi connectivity index (χ3n) is 2.10. The zero-order valence-corrected chi connectivity index (χ0v) is 10.6. The van der Waals surface area contributed by atoms with Crippen molar-refractivity contribution in [3.8, 4) is 0 Å². The number of hydrogen-bond donors (Lipinski definition) is 1. The summed E-state index contributed by atoms with van der Waals surface area (Å²) in [4.78, 5) is 19.9. The van der Waals surface area contributed by atoms with E-state index in [4.69, 9.17) is 4.52 Å². The van der Waals surface area contributed by atoms with Crippen molar-refractivity contribution in [1.82, 2.24) is 0 Å². The van der Waals surface area contributed by atoms with E-state index in [1.54, 1.807) is 20.8 Å². The molecule has 0 spiro atoms. The van der Waals surface area contributed by atoms with Gasteiger partial charge in [-0.05, 0) is 19.8 Å². The summed E-state index contributed by atoms with van der Waals surface area (Å²) in [7, 11) is -3.40. The van der Waals surface area contributed by atoms with Crippen LogP contribution in [0.4, 0.5) is 0 Å². The van der Waals surface area contributed by atoms with E-state index in [0.29, 0.717) is 13.0 Å². The maximum atomic E-state index is 11.3. The highest BCUT2D eigenvalue weighted by molar-refractivity contribution is 7.53. The molecule has 0 aliphatic rings. The molecule has 0 aromatic heterocycles. The van der Waals surface area contributed by atoms with Crippen molar-refractivity contribution in [3.63, 3.8) is 0 Å². The Kier molecular flexibility index (Phi) is 7.07. The summed E-state index contributed by atoms with van der Waals surface area (Å²) < 4.78 is 16.3. The molecule has 90 valence electrons. The molecule has 0 fully saturated rings. The van der Waals surface area contributed by atoms with Crippen LogP contribution in [0.25, 0.3) is 0 Å². The molecule has 0 radical (unpaired) electrons. The van der Waals surface area contributed by atoms with E-state index in [0.717, 1.165) is 19.3 Å². The Labute approximate surface area is 91.6 Å². The Morgan fingerprint density at radius 2 is 1.93 bits per heavy atom. The minimum Gasteiger partial charge on any atom is -0.324 e. The lowest BCUT2D eigenvalue weighted by Crippen LogP contribution is -2.02. The van der Waals surface area contributed by atoms with Crippen LogP contribution in [-0.2, 0) is 13.9 Å². The zero-order valence-electron chi connectivity index (χ0n) is 9.73. The Morgan fingerprint density at radius 3 is 2.40 bits per heavy atom. The fourth-order valence-corrected chi connectivity index (χ4v) is 1.69. The lowest BCUT2D eigenvalue weighted by Gasteiger charge is -2.14. The van der Waals surface area contributed by atoms with Crippen LogP contribution in [0.15, 0.2) is 0 Å². The first kappa shape index (κ1) is 14.8. The number of carbonyl (C=O) groups is 1. The first-order valence-corrected chi connectivity index (χ1v) is 6.97. The second-order valence-corrected chi connectivity index (χ2v) is 6.42. The second kappa shape index (κ2) is 7.15. The molecule has 0 amide bonds. The molecule has 0 saturated heterocycles. The van der Waals surface area contributed by atoms with Gasteiger partial charge in [-0.15, -0.1) is 0 Å². The largest absolute Gasteiger partial charge is 0.330 e. The van der Waals surface area contributed by atoms with Crippen LogP contribution in [0.3, 0.4) is 0 Å². The summed E-state index contributed by atoms with van der Waals surface area (Å²) in [6.07, 6.45) is 3.00. The van der Waals surface area contributed by atoms with Crippen molar-refractivity contribution in [2.24, 2.45) is 0 Å². The van der Waals surface area contributed by atoms with Gasteiger partial charge in [0.1, 0.15) is 5.78 Å².